The predicted octanol–water partition coefficient (Wildman–Crippen LogP) is 3.69. The molecular formula is C22H26FNO4S. The SMILES string of the molecule is CC(C)COc1ccc(C(=O)N(Cc2cccc(F)c2)[C@@H]2CCS(=O)(=O)C2)cc1. The number of ether oxygens (including phenoxy) is 1. The van der Waals surface area contributed by atoms with Crippen LogP contribution in [-0.2, 0) is 16.4 Å². The fraction of sp³-hybridized carbons (Fsp3) is 0.409. The summed E-state index contributed by atoms with van der Waals surface area (Å²) in [5, 5.41) is 0. The Kier molecular flexibility index (Phi) is 6.57. The molecule has 5 nitrogen and oxygen atoms in total. The van der Waals surface area contributed by atoms with Crippen LogP contribution < -0.4 is 4.74 Å². The molecule has 1 atom stereocenters. The van der Waals surface area contributed by atoms with E-state index in [1.54, 1.807) is 41.3 Å². The van der Waals surface area contributed by atoms with Gasteiger partial charge in [0.2, 0.25) is 0 Å². The van der Waals surface area contributed by atoms with Crippen LogP contribution >= 0.6 is 0 Å². The first-order valence-corrected chi connectivity index (χ1v) is 11.5. The molecule has 0 spiro atoms. The number of carbonyl (C=O) groups is 1. The molecule has 1 aliphatic rings. The van der Waals surface area contributed by atoms with Gasteiger partial charge in [0.1, 0.15) is 11.6 Å². The number of rotatable bonds is 7. The molecule has 7 heteroatoms. The van der Waals surface area contributed by atoms with Gasteiger partial charge in [0.25, 0.3) is 5.91 Å². The molecule has 1 aliphatic heterocycles. The molecular weight excluding hydrogens is 393 g/mol. The first-order valence-electron chi connectivity index (χ1n) is 9.72. The molecule has 1 heterocycles. The van der Waals surface area contributed by atoms with Crippen molar-refractivity contribution in [1.82, 2.24) is 4.90 Å². The third-order valence-corrected chi connectivity index (χ3v) is 6.59. The van der Waals surface area contributed by atoms with Gasteiger partial charge in [-0.1, -0.05) is 26.0 Å². The summed E-state index contributed by atoms with van der Waals surface area (Å²) in [6, 6.07) is 12.4. The minimum atomic E-state index is -3.17. The third kappa shape index (κ3) is 5.79. The van der Waals surface area contributed by atoms with E-state index in [4.69, 9.17) is 4.74 Å². The normalized spacial score (nSPS) is 18.0. The van der Waals surface area contributed by atoms with Gasteiger partial charge in [-0.25, -0.2) is 12.8 Å². The summed E-state index contributed by atoms with van der Waals surface area (Å²) in [5.74, 6) is 0.404. The Labute approximate surface area is 171 Å². The van der Waals surface area contributed by atoms with E-state index in [1.807, 2.05) is 0 Å². The van der Waals surface area contributed by atoms with E-state index in [2.05, 4.69) is 13.8 Å². The number of nitrogens with zero attached hydrogens (tertiary/aromatic N) is 1. The van der Waals surface area contributed by atoms with Crippen molar-refractivity contribution in [3.63, 3.8) is 0 Å². The Hall–Kier alpha value is -2.41. The van der Waals surface area contributed by atoms with Crippen LogP contribution in [-0.4, -0.2) is 43.4 Å². The second-order valence-electron chi connectivity index (χ2n) is 7.85. The van der Waals surface area contributed by atoms with Gasteiger partial charge in [0.05, 0.1) is 18.1 Å². The fourth-order valence-electron chi connectivity index (χ4n) is 3.34. The monoisotopic (exact) mass is 419 g/mol. The van der Waals surface area contributed by atoms with Crippen molar-refractivity contribution in [3.8, 4) is 5.75 Å². The van der Waals surface area contributed by atoms with Crippen LogP contribution in [0.2, 0.25) is 0 Å². The average Bonchev–Trinajstić information content (AvgIpc) is 3.04. The summed E-state index contributed by atoms with van der Waals surface area (Å²) in [6.45, 7) is 4.84. The molecule has 0 N–H and O–H groups in total. The molecule has 0 radical (unpaired) electrons. The summed E-state index contributed by atoms with van der Waals surface area (Å²) in [5.41, 5.74) is 1.07. The third-order valence-electron chi connectivity index (χ3n) is 4.84. The molecule has 2 aromatic carbocycles. The van der Waals surface area contributed by atoms with Crippen LogP contribution in [0.3, 0.4) is 0 Å². The van der Waals surface area contributed by atoms with Crippen molar-refractivity contribution in [1.29, 1.82) is 0 Å². The van der Waals surface area contributed by atoms with Gasteiger partial charge in [-0.2, -0.15) is 0 Å². The highest BCUT2D eigenvalue weighted by Crippen LogP contribution is 2.23. The quantitative estimate of drug-likeness (QED) is 0.687. The standard InChI is InChI=1S/C22H26FNO4S/c1-16(2)14-28-21-8-6-18(7-9-21)22(25)24(20-10-11-29(26,27)15-20)13-17-4-3-5-19(23)12-17/h3-9,12,16,20H,10-11,13-15H2,1-2H3/t20-/m1/s1. The molecule has 0 unspecified atom stereocenters. The van der Waals surface area contributed by atoms with Gasteiger partial charge >= 0.3 is 0 Å². The number of halogens is 1. The van der Waals surface area contributed by atoms with E-state index in [1.165, 1.54) is 12.1 Å². The summed E-state index contributed by atoms with van der Waals surface area (Å²) in [4.78, 5) is 14.8. The second-order valence-corrected chi connectivity index (χ2v) is 10.1. The Morgan fingerprint density at radius 1 is 1.21 bits per heavy atom. The lowest BCUT2D eigenvalue weighted by Gasteiger charge is -2.28. The lowest BCUT2D eigenvalue weighted by molar-refractivity contribution is 0.0680. The number of carbonyl (C=O) groups excluding carboxylic acids is 1. The Bertz CT molecular complexity index is 957. The topological polar surface area (TPSA) is 63.7 Å². The Morgan fingerprint density at radius 3 is 2.52 bits per heavy atom. The molecule has 0 saturated carbocycles. The van der Waals surface area contributed by atoms with Crippen LogP contribution in [0.5, 0.6) is 5.75 Å². The maximum atomic E-state index is 13.6. The minimum Gasteiger partial charge on any atom is -0.493 e. The molecule has 1 saturated heterocycles. The van der Waals surface area contributed by atoms with Gasteiger partial charge < -0.3 is 9.64 Å². The second kappa shape index (κ2) is 8.95. The van der Waals surface area contributed by atoms with E-state index in [0.29, 0.717) is 35.8 Å². The summed E-state index contributed by atoms with van der Waals surface area (Å²) < 4.78 is 43.2. The molecule has 0 aliphatic carbocycles. The van der Waals surface area contributed by atoms with Crippen LogP contribution in [0.25, 0.3) is 0 Å². The highest BCUT2D eigenvalue weighted by atomic mass is 32.2. The lowest BCUT2D eigenvalue weighted by atomic mass is 10.1. The zero-order valence-electron chi connectivity index (χ0n) is 16.7. The fourth-order valence-corrected chi connectivity index (χ4v) is 5.07. The highest BCUT2D eigenvalue weighted by Gasteiger charge is 2.35. The Morgan fingerprint density at radius 2 is 1.93 bits per heavy atom. The zero-order chi connectivity index (χ0) is 21.0. The number of hydrogen-bond donors (Lipinski definition) is 0. The molecule has 3 rings (SSSR count). The number of benzene rings is 2. The van der Waals surface area contributed by atoms with Crippen molar-refractivity contribution < 1.29 is 22.3 Å². The van der Waals surface area contributed by atoms with Crippen LogP contribution in [0, 0.1) is 11.7 Å². The highest BCUT2D eigenvalue weighted by molar-refractivity contribution is 7.91. The summed E-state index contributed by atoms with van der Waals surface area (Å²) in [7, 11) is -3.17. The lowest BCUT2D eigenvalue weighted by Crippen LogP contribution is -2.40. The number of hydrogen-bond acceptors (Lipinski definition) is 4. The molecule has 0 bridgehead atoms. The van der Waals surface area contributed by atoms with Gasteiger partial charge in [-0.05, 0) is 54.3 Å². The summed E-state index contributed by atoms with van der Waals surface area (Å²) in [6.07, 6.45) is 0.388. The van der Waals surface area contributed by atoms with Crippen molar-refractivity contribution in [3.05, 3.63) is 65.5 Å². The van der Waals surface area contributed by atoms with Crippen molar-refractivity contribution in [2.45, 2.75) is 32.9 Å². The van der Waals surface area contributed by atoms with E-state index in [0.717, 1.165) is 0 Å². The minimum absolute atomic E-state index is 0.0621. The van der Waals surface area contributed by atoms with Crippen molar-refractivity contribution >= 4 is 15.7 Å². The maximum Gasteiger partial charge on any atom is 0.254 e. The Balaban J connectivity index is 1.82. The van der Waals surface area contributed by atoms with E-state index < -0.39 is 15.9 Å². The van der Waals surface area contributed by atoms with Crippen LogP contribution in [0.4, 0.5) is 4.39 Å². The largest absolute Gasteiger partial charge is 0.493 e. The first kappa shape index (κ1) is 21.3. The molecule has 0 aromatic heterocycles. The molecule has 1 fully saturated rings. The molecule has 29 heavy (non-hydrogen) atoms. The van der Waals surface area contributed by atoms with E-state index >= 15 is 0 Å². The van der Waals surface area contributed by atoms with Gasteiger partial charge in [-0.3, -0.25) is 4.79 Å². The smallest absolute Gasteiger partial charge is 0.254 e. The van der Waals surface area contributed by atoms with Crippen LogP contribution in [0.1, 0.15) is 36.2 Å². The summed E-state index contributed by atoms with van der Waals surface area (Å²) >= 11 is 0. The van der Waals surface area contributed by atoms with Gasteiger partial charge in [0.15, 0.2) is 9.84 Å². The molecule has 2 aromatic rings. The zero-order valence-corrected chi connectivity index (χ0v) is 17.5. The number of amides is 1. The van der Waals surface area contributed by atoms with Crippen LogP contribution in [0.15, 0.2) is 48.5 Å². The average molecular weight is 420 g/mol. The molecule has 1 amide bonds. The van der Waals surface area contributed by atoms with Crippen molar-refractivity contribution in [2.24, 2.45) is 5.92 Å². The van der Waals surface area contributed by atoms with Gasteiger partial charge in [-0.15, -0.1) is 0 Å². The maximum absolute atomic E-state index is 13.6. The van der Waals surface area contributed by atoms with Crippen molar-refractivity contribution in [2.75, 3.05) is 18.1 Å². The van der Waals surface area contributed by atoms with E-state index in [9.17, 15) is 17.6 Å². The van der Waals surface area contributed by atoms with Gasteiger partial charge in [0, 0.05) is 18.2 Å². The first-order chi connectivity index (χ1) is 13.7. The number of sulfone groups is 1. The molecule has 156 valence electrons. The predicted molar refractivity (Wildman–Crippen MR) is 110 cm³/mol. The van der Waals surface area contributed by atoms with E-state index in [-0.39, 0.29) is 29.8 Å².